The van der Waals surface area contributed by atoms with Gasteiger partial charge in [-0.25, -0.2) is 0 Å². The van der Waals surface area contributed by atoms with E-state index in [9.17, 15) is 4.79 Å². The third-order valence-electron chi connectivity index (χ3n) is 3.81. The van der Waals surface area contributed by atoms with E-state index < -0.39 is 0 Å². The van der Waals surface area contributed by atoms with Crippen LogP contribution in [0.3, 0.4) is 0 Å². The molecule has 3 aromatic rings. The van der Waals surface area contributed by atoms with Gasteiger partial charge in [0, 0.05) is 19.4 Å². The lowest BCUT2D eigenvalue weighted by atomic mass is 10.2. The number of anilines is 1. The van der Waals surface area contributed by atoms with Crippen LogP contribution >= 0.6 is 0 Å². The summed E-state index contributed by atoms with van der Waals surface area (Å²) in [7, 11) is 1.77. The van der Waals surface area contributed by atoms with E-state index in [1.54, 1.807) is 35.0 Å². The van der Waals surface area contributed by atoms with E-state index in [4.69, 9.17) is 9.47 Å². The van der Waals surface area contributed by atoms with Gasteiger partial charge in [-0.15, -0.1) is 0 Å². The Morgan fingerprint density at radius 3 is 2.56 bits per heavy atom. The maximum Gasteiger partial charge on any atom is 0.258 e. The molecule has 3 rings (SSSR count). The second-order valence-electron chi connectivity index (χ2n) is 5.93. The maximum atomic E-state index is 12.2. The van der Waals surface area contributed by atoms with Crippen LogP contribution in [-0.2, 0) is 13.6 Å². The summed E-state index contributed by atoms with van der Waals surface area (Å²) in [5, 5.41) is 11.1. The van der Waals surface area contributed by atoms with Gasteiger partial charge in [0.2, 0.25) is 0 Å². The molecule has 0 radical (unpaired) electrons. The number of carbonyl (C=O) groups excluding carboxylic acids is 1. The molecule has 2 aromatic heterocycles. The van der Waals surface area contributed by atoms with E-state index in [1.165, 1.54) is 6.20 Å². The summed E-state index contributed by atoms with van der Waals surface area (Å²) in [5.74, 6) is 1.23. The van der Waals surface area contributed by atoms with Crippen LogP contribution in [-0.4, -0.2) is 38.7 Å². The van der Waals surface area contributed by atoms with Crippen LogP contribution in [0, 0.1) is 0 Å². The molecule has 0 spiro atoms. The second kappa shape index (κ2) is 8.39. The summed E-state index contributed by atoms with van der Waals surface area (Å²) in [6.07, 6.45) is 6.58. The quantitative estimate of drug-likeness (QED) is 0.660. The van der Waals surface area contributed by atoms with Crippen LogP contribution < -0.4 is 14.8 Å². The third kappa shape index (κ3) is 4.66. The van der Waals surface area contributed by atoms with Crippen molar-refractivity contribution in [3.63, 3.8) is 0 Å². The Labute approximate surface area is 157 Å². The lowest BCUT2D eigenvalue weighted by Crippen LogP contribution is -2.10. The molecule has 1 aromatic carbocycles. The van der Waals surface area contributed by atoms with Crippen molar-refractivity contribution in [3.05, 3.63) is 54.1 Å². The zero-order chi connectivity index (χ0) is 19.2. The monoisotopic (exact) mass is 369 g/mol. The number of nitrogens with one attached hydrogen (secondary N) is 1. The fourth-order valence-electron chi connectivity index (χ4n) is 2.64. The molecule has 8 nitrogen and oxygen atoms in total. The van der Waals surface area contributed by atoms with Gasteiger partial charge in [-0.05, 0) is 31.5 Å². The van der Waals surface area contributed by atoms with Crippen molar-refractivity contribution in [2.45, 2.75) is 20.4 Å². The topological polar surface area (TPSA) is 83.2 Å². The van der Waals surface area contributed by atoms with Crippen LogP contribution in [0.4, 0.5) is 5.69 Å². The summed E-state index contributed by atoms with van der Waals surface area (Å²) >= 11 is 0. The summed E-state index contributed by atoms with van der Waals surface area (Å²) < 4.78 is 14.6. The first-order valence-electron chi connectivity index (χ1n) is 8.80. The molecule has 8 heteroatoms. The predicted octanol–water partition coefficient (Wildman–Crippen LogP) is 2.71. The highest BCUT2D eigenvalue weighted by Crippen LogP contribution is 2.28. The molecular weight excluding hydrogens is 346 g/mol. The smallest absolute Gasteiger partial charge is 0.258 e. The van der Waals surface area contributed by atoms with Gasteiger partial charge >= 0.3 is 0 Å². The Morgan fingerprint density at radius 1 is 1.07 bits per heavy atom. The first-order valence-corrected chi connectivity index (χ1v) is 8.80. The minimum Gasteiger partial charge on any atom is -0.490 e. The Balaban J connectivity index is 1.68. The minimum atomic E-state index is -0.220. The highest BCUT2D eigenvalue weighted by molar-refractivity contribution is 6.03. The number of aromatic nitrogens is 4. The van der Waals surface area contributed by atoms with Crippen LogP contribution in [0.15, 0.2) is 43.0 Å². The number of nitrogens with zero attached hydrogens (tertiary/aromatic N) is 4. The lowest BCUT2D eigenvalue weighted by Gasteiger charge is -2.12. The Morgan fingerprint density at radius 2 is 1.85 bits per heavy atom. The van der Waals surface area contributed by atoms with Crippen molar-refractivity contribution < 1.29 is 14.3 Å². The molecule has 1 N–H and O–H groups in total. The molecule has 2 heterocycles. The Hall–Kier alpha value is -3.29. The first-order chi connectivity index (χ1) is 13.1. The number of hydrogen-bond donors (Lipinski definition) is 1. The minimum absolute atomic E-state index is 0.220. The van der Waals surface area contributed by atoms with Gasteiger partial charge in [0.05, 0.1) is 43.4 Å². The summed E-state index contributed by atoms with van der Waals surface area (Å²) in [6, 6.07) is 5.82. The van der Waals surface area contributed by atoms with Crippen LogP contribution in [0.2, 0.25) is 0 Å². The number of rotatable bonds is 8. The van der Waals surface area contributed by atoms with E-state index in [2.05, 4.69) is 15.5 Å². The average molecular weight is 369 g/mol. The number of benzene rings is 1. The van der Waals surface area contributed by atoms with Crippen molar-refractivity contribution in [1.29, 1.82) is 0 Å². The van der Waals surface area contributed by atoms with Gasteiger partial charge in [-0.2, -0.15) is 10.2 Å². The molecule has 0 aliphatic rings. The van der Waals surface area contributed by atoms with E-state index in [1.807, 2.05) is 32.0 Å². The SMILES string of the molecule is CCOc1ccc(Cn2cc(NC(=O)c3cnn(C)c3)cn2)cc1OCC. The molecule has 0 aliphatic carbocycles. The van der Waals surface area contributed by atoms with Gasteiger partial charge in [0.25, 0.3) is 5.91 Å². The predicted molar refractivity (Wildman–Crippen MR) is 101 cm³/mol. The highest BCUT2D eigenvalue weighted by atomic mass is 16.5. The van der Waals surface area contributed by atoms with E-state index >= 15 is 0 Å². The molecule has 0 saturated heterocycles. The number of hydrogen-bond acceptors (Lipinski definition) is 5. The third-order valence-corrected chi connectivity index (χ3v) is 3.81. The molecule has 27 heavy (non-hydrogen) atoms. The van der Waals surface area contributed by atoms with Crippen LogP contribution in [0.25, 0.3) is 0 Å². The Kier molecular flexibility index (Phi) is 5.75. The van der Waals surface area contributed by atoms with Crippen LogP contribution in [0.5, 0.6) is 11.5 Å². The molecular formula is C19H23N5O3. The fraction of sp³-hybridized carbons (Fsp3) is 0.316. The zero-order valence-electron chi connectivity index (χ0n) is 15.7. The number of aryl methyl sites for hydroxylation is 1. The van der Waals surface area contributed by atoms with Gasteiger partial charge in [0.15, 0.2) is 11.5 Å². The summed E-state index contributed by atoms with van der Waals surface area (Å²) in [5.41, 5.74) is 2.15. The van der Waals surface area contributed by atoms with Crippen molar-refractivity contribution >= 4 is 11.6 Å². The van der Waals surface area contributed by atoms with E-state index in [0.29, 0.717) is 36.8 Å². The van der Waals surface area contributed by atoms with Gasteiger partial charge in [0.1, 0.15) is 0 Å². The zero-order valence-corrected chi connectivity index (χ0v) is 15.7. The van der Waals surface area contributed by atoms with Crippen molar-refractivity contribution in [1.82, 2.24) is 19.6 Å². The number of amides is 1. The van der Waals surface area contributed by atoms with Gasteiger partial charge in [-0.3, -0.25) is 14.2 Å². The van der Waals surface area contributed by atoms with E-state index in [-0.39, 0.29) is 5.91 Å². The molecule has 0 fully saturated rings. The molecule has 1 amide bonds. The molecule has 0 saturated carbocycles. The lowest BCUT2D eigenvalue weighted by molar-refractivity contribution is 0.102. The van der Waals surface area contributed by atoms with E-state index in [0.717, 1.165) is 11.3 Å². The average Bonchev–Trinajstić information content (AvgIpc) is 3.26. The maximum absolute atomic E-state index is 12.2. The fourth-order valence-corrected chi connectivity index (χ4v) is 2.64. The van der Waals surface area contributed by atoms with Gasteiger partial charge in [-0.1, -0.05) is 6.07 Å². The number of ether oxygens (including phenoxy) is 2. The molecule has 142 valence electrons. The second-order valence-corrected chi connectivity index (χ2v) is 5.93. The molecule has 0 atom stereocenters. The normalized spacial score (nSPS) is 10.6. The Bertz CT molecular complexity index is 916. The summed E-state index contributed by atoms with van der Waals surface area (Å²) in [4.78, 5) is 12.2. The standard InChI is InChI=1S/C19H23N5O3/c1-4-26-17-7-6-14(8-18(17)27-5-2)11-24-13-16(10-21-24)22-19(25)15-9-20-23(3)12-15/h6-10,12-13H,4-5,11H2,1-3H3,(H,22,25). The molecule has 0 unspecified atom stereocenters. The molecule has 0 bridgehead atoms. The number of carbonyl (C=O) groups is 1. The molecule has 0 aliphatic heterocycles. The summed E-state index contributed by atoms with van der Waals surface area (Å²) in [6.45, 7) is 5.57. The van der Waals surface area contributed by atoms with Crippen LogP contribution in [0.1, 0.15) is 29.8 Å². The van der Waals surface area contributed by atoms with Crippen molar-refractivity contribution in [3.8, 4) is 11.5 Å². The van der Waals surface area contributed by atoms with Crippen molar-refractivity contribution in [2.24, 2.45) is 7.05 Å². The van der Waals surface area contributed by atoms with Crippen molar-refractivity contribution in [2.75, 3.05) is 18.5 Å². The first kappa shape index (κ1) is 18.5. The van der Waals surface area contributed by atoms with Gasteiger partial charge < -0.3 is 14.8 Å². The largest absolute Gasteiger partial charge is 0.490 e. The highest BCUT2D eigenvalue weighted by Gasteiger charge is 2.10.